The number of sulfone groups is 1. The Hall–Kier alpha value is -2.61. The fraction of sp³-hybridized carbons (Fsp3) is 0.400. The first-order chi connectivity index (χ1) is 13.1. The topological polar surface area (TPSA) is 94.5 Å². The molecule has 0 bridgehead atoms. The standard InChI is InChI=1S/C20H24N2O5S/c1-5-6-7-13-8-9-14(28(4,25)26)10-15(13)16-11-22(3)20(24)17-18(16)27-12(2)19(23)21-17/h8-12H,5-7H2,1-4H3,(H,21,23)/t12-/m0/s1. The predicted molar refractivity (Wildman–Crippen MR) is 108 cm³/mol. The van der Waals surface area contributed by atoms with Crippen LogP contribution in [0.4, 0.5) is 5.69 Å². The molecule has 150 valence electrons. The van der Waals surface area contributed by atoms with Crippen molar-refractivity contribution < 1.29 is 17.9 Å². The van der Waals surface area contributed by atoms with E-state index in [4.69, 9.17) is 4.74 Å². The number of anilines is 1. The lowest BCUT2D eigenvalue weighted by molar-refractivity contribution is -0.122. The molecule has 1 aromatic heterocycles. The summed E-state index contributed by atoms with van der Waals surface area (Å²) in [5.41, 5.74) is 1.93. The van der Waals surface area contributed by atoms with Crippen molar-refractivity contribution >= 4 is 21.4 Å². The number of benzene rings is 1. The van der Waals surface area contributed by atoms with Crippen LogP contribution in [0.5, 0.6) is 5.75 Å². The Bertz CT molecular complexity index is 1100. The van der Waals surface area contributed by atoms with Gasteiger partial charge in [0.2, 0.25) is 0 Å². The average Bonchev–Trinajstić information content (AvgIpc) is 2.64. The highest BCUT2D eigenvalue weighted by Gasteiger charge is 2.30. The van der Waals surface area contributed by atoms with E-state index in [-0.39, 0.29) is 21.9 Å². The number of nitrogens with zero attached hydrogens (tertiary/aromatic N) is 1. The number of hydrogen-bond acceptors (Lipinski definition) is 5. The Labute approximate surface area is 164 Å². The van der Waals surface area contributed by atoms with E-state index in [0.29, 0.717) is 11.1 Å². The van der Waals surface area contributed by atoms with Gasteiger partial charge in [0.1, 0.15) is 0 Å². The van der Waals surface area contributed by atoms with Crippen LogP contribution in [-0.2, 0) is 28.1 Å². The van der Waals surface area contributed by atoms with E-state index in [1.165, 1.54) is 4.57 Å². The Morgan fingerprint density at radius 3 is 2.57 bits per heavy atom. The second-order valence-electron chi connectivity index (χ2n) is 7.11. The summed E-state index contributed by atoms with van der Waals surface area (Å²) < 4.78 is 31.3. The van der Waals surface area contributed by atoms with E-state index in [2.05, 4.69) is 12.2 Å². The van der Waals surface area contributed by atoms with Crippen molar-refractivity contribution in [2.45, 2.75) is 44.1 Å². The highest BCUT2D eigenvalue weighted by Crippen LogP contribution is 2.40. The van der Waals surface area contributed by atoms with Crippen LogP contribution in [0.2, 0.25) is 0 Å². The molecular weight excluding hydrogens is 380 g/mol. The van der Waals surface area contributed by atoms with Crippen molar-refractivity contribution in [3.8, 4) is 16.9 Å². The van der Waals surface area contributed by atoms with Gasteiger partial charge < -0.3 is 14.6 Å². The van der Waals surface area contributed by atoms with Crippen molar-refractivity contribution in [1.82, 2.24) is 4.57 Å². The minimum Gasteiger partial charge on any atom is -0.478 e. The van der Waals surface area contributed by atoms with Gasteiger partial charge in [-0.05, 0) is 43.0 Å². The van der Waals surface area contributed by atoms with Crippen LogP contribution in [-0.4, -0.2) is 31.3 Å². The molecular formula is C20H24N2O5S. The average molecular weight is 404 g/mol. The van der Waals surface area contributed by atoms with Gasteiger partial charge in [0.15, 0.2) is 27.4 Å². The quantitative estimate of drug-likeness (QED) is 0.826. The molecule has 1 atom stereocenters. The van der Waals surface area contributed by atoms with Crippen LogP contribution in [0.3, 0.4) is 0 Å². The Kier molecular flexibility index (Phi) is 5.34. The van der Waals surface area contributed by atoms with Crippen molar-refractivity contribution in [3.05, 3.63) is 40.3 Å². The lowest BCUT2D eigenvalue weighted by Crippen LogP contribution is -2.38. The zero-order valence-electron chi connectivity index (χ0n) is 16.4. The maximum atomic E-state index is 12.5. The molecule has 0 aliphatic carbocycles. The van der Waals surface area contributed by atoms with Crippen LogP contribution >= 0.6 is 0 Å². The molecule has 0 saturated carbocycles. The van der Waals surface area contributed by atoms with E-state index in [1.54, 1.807) is 32.3 Å². The monoisotopic (exact) mass is 404 g/mol. The number of aryl methyl sites for hydroxylation is 2. The van der Waals surface area contributed by atoms with Gasteiger partial charge in [-0.1, -0.05) is 19.4 Å². The molecule has 1 aliphatic rings. The van der Waals surface area contributed by atoms with Crippen molar-refractivity contribution in [2.24, 2.45) is 7.05 Å². The smallest absolute Gasteiger partial charge is 0.277 e. The van der Waals surface area contributed by atoms with E-state index in [0.717, 1.165) is 31.1 Å². The van der Waals surface area contributed by atoms with Crippen LogP contribution in [0.1, 0.15) is 32.3 Å². The lowest BCUT2D eigenvalue weighted by atomic mass is 9.96. The summed E-state index contributed by atoms with van der Waals surface area (Å²) in [5.74, 6) is -0.114. The second-order valence-corrected chi connectivity index (χ2v) is 9.12. The van der Waals surface area contributed by atoms with Gasteiger partial charge in [-0.2, -0.15) is 0 Å². The van der Waals surface area contributed by atoms with Crippen LogP contribution in [0, 0.1) is 0 Å². The first-order valence-electron chi connectivity index (χ1n) is 9.18. The number of fused-ring (bicyclic) bond motifs is 1. The number of nitrogens with one attached hydrogen (secondary N) is 1. The minimum absolute atomic E-state index is 0.0781. The summed E-state index contributed by atoms with van der Waals surface area (Å²) in [5, 5.41) is 2.62. The molecule has 3 rings (SSSR count). The van der Waals surface area contributed by atoms with Gasteiger partial charge in [0.25, 0.3) is 11.5 Å². The molecule has 0 fully saturated rings. The van der Waals surface area contributed by atoms with Crippen LogP contribution in [0.25, 0.3) is 11.1 Å². The molecule has 8 heteroatoms. The fourth-order valence-electron chi connectivity index (χ4n) is 3.22. The zero-order valence-corrected chi connectivity index (χ0v) is 17.2. The normalized spacial score (nSPS) is 16.3. The molecule has 2 heterocycles. The lowest BCUT2D eigenvalue weighted by Gasteiger charge is -2.26. The number of aromatic nitrogens is 1. The van der Waals surface area contributed by atoms with Gasteiger partial charge in [-0.3, -0.25) is 9.59 Å². The first kappa shape index (κ1) is 20.1. The SMILES string of the molecule is CCCCc1ccc(S(C)(=O)=O)cc1-c1cn(C)c(=O)c2c1O[C@@H](C)C(=O)N2. The van der Waals surface area contributed by atoms with Gasteiger partial charge in [0, 0.05) is 25.1 Å². The minimum atomic E-state index is -3.41. The van der Waals surface area contributed by atoms with Gasteiger partial charge >= 0.3 is 0 Å². The third kappa shape index (κ3) is 3.69. The number of hydrogen-bond donors (Lipinski definition) is 1. The summed E-state index contributed by atoms with van der Waals surface area (Å²) in [6.07, 6.45) is 4.72. The third-order valence-corrected chi connectivity index (χ3v) is 5.95. The van der Waals surface area contributed by atoms with Crippen LogP contribution in [0.15, 0.2) is 34.1 Å². The molecule has 1 amide bonds. The van der Waals surface area contributed by atoms with E-state index in [9.17, 15) is 18.0 Å². The Morgan fingerprint density at radius 2 is 1.93 bits per heavy atom. The summed E-state index contributed by atoms with van der Waals surface area (Å²) in [6, 6.07) is 5.03. The molecule has 28 heavy (non-hydrogen) atoms. The number of carbonyl (C=O) groups excluding carboxylic acids is 1. The number of amides is 1. The second kappa shape index (κ2) is 7.43. The molecule has 0 unspecified atom stereocenters. The molecule has 2 aromatic rings. The number of pyridine rings is 1. The Morgan fingerprint density at radius 1 is 1.21 bits per heavy atom. The highest BCUT2D eigenvalue weighted by atomic mass is 32.2. The number of unbranched alkanes of at least 4 members (excludes halogenated alkanes) is 1. The van der Waals surface area contributed by atoms with E-state index < -0.39 is 21.8 Å². The van der Waals surface area contributed by atoms with Gasteiger partial charge in [-0.25, -0.2) is 8.42 Å². The predicted octanol–water partition coefficient (Wildman–Crippen LogP) is 2.52. The van der Waals surface area contributed by atoms with Gasteiger partial charge in [0.05, 0.1) is 4.90 Å². The molecule has 0 saturated heterocycles. The highest BCUT2D eigenvalue weighted by molar-refractivity contribution is 7.90. The summed E-state index contributed by atoms with van der Waals surface area (Å²) in [6.45, 7) is 3.68. The maximum Gasteiger partial charge on any atom is 0.277 e. The van der Waals surface area contributed by atoms with E-state index in [1.807, 2.05) is 6.07 Å². The summed E-state index contributed by atoms with van der Waals surface area (Å²) in [4.78, 5) is 24.7. The summed E-state index contributed by atoms with van der Waals surface area (Å²) in [7, 11) is -1.82. The van der Waals surface area contributed by atoms with E-state index >= 15 is 0 Å². The molecule has 1 aliphatic heterocycles. The summed E-state index contributed by atoms with van der Waals surface area (Å²) >= 11 is 0. The largest absolute Gasteiger partial charge is 0.478 e. The molecule has 7 nitrogen and oxygen atoms in total. The number of carbonyl (C=O) groups is 1. The van der Waals surface area contributed by atoms with Gasteiger partial charge in [-0.15, -0.1) is 0 Å². The third-order valence-electron chi connectivity index (χ3n) is 4.84. The van der Waals surface area contributed by atoms with Crippen molar-refractivity contribution in [3.63, 3.8) is 0 Å². The molecule has 1 N–H and O–H groups in total. The number of rotatable bonds is 5. The van der Waals surface area contributed by atoms with Crippen LogP contribution < -0.4 is 15.6 Å². The molecule has 0 spiro atoms. The van der Waals surface area contributed by atoms with Crippen molar-refractivity contribution in [2.75, 3.05) is 11.6 Å². The molecule has 1 aromatic carbocycles. The molecule has 0 radical (unpaired) electrons. The Balaban J connectivity index is 2.31. The maximum absolute atomic E-state index is 12.5. The first-order valence-corrected chi connectivity index (χ1v) is 11.1. The fourth-order valence-corrected chi connectivity index (χ4v) is 3.87. The zero-order chi connectivity index (χ0) is 20.6. The number of ether oxygens (including phenoxy) is 1. The van der Waals surface area contributed by atoms with Crippen molar-refractivity contribution in [1.29, 1.82) is 0 Å².